The van der Waals surface area contributed by atoms with Crippen LogP contribution in [-0.4, -0.2) is 43.0 Å². The summed E-state index contributed by atoms with van der Waals surface area (Å²) in [5, 5.41) is 21.7. The SMILES string of the molecule is Cn1ccc(-c2ccc(-c3ccc(F)nc3)c(N3CCC(c4ncn[nH]4)CC3)c2C#N)n1. The number of rotatable bonds is 4. The summed E-state index contributed by atoms with van der Waals surface area (Å²) in [6.45, 7) is 1.51. The van der Waals surface area contributed by atoms with Crippen molar-refractivity contribution in [3.05, 3.63) is 66.4 Å². The monoisotopic (exact) mass is 428 g/mol. The lowest BCUT2D eigenvalue weighted by Crippen LogP contribution is -2.34. The van der Waals surface area contributed by atoms with Gasteiger partial charge in [-0.2, -0.15) is 19.8 Å². The van der Waals surface area contributed by atoms with Crippen LogP contribution in [0.1, 0.15) is 30.1 Å². The van der Waals surface area contributed by atoms with Crippen molar-refractivity contribution >= 4 is 5.69 Å². The fourth-order valence-corrected chi connectivity index (χ4v) is 4.36. The van der Waals surface area contributed by atoms with E-state index < -0.39 is 5.95 Å². The average Bonchev–Trinajstić information content (AvgIpc) is 3.51. The van der Waals surface area contributed by atoms with Gasteiger partial charge in [0.05, 0.1) is 16.9 Å². The Morgan fingerprint density at radius 3 is 2.53 bits per heavy atom. The van der Waals surface area contributed by atoms with Crippen LogP contribution < -0.4 is 4.90 Å². The zero-order valence-corrected chi connectivity index (χ0v) is 17.5. The molecule has 0 saturated carbocycles. The smallest absolute Gasteiger partial charge is 0.212 e. The number of piperidine rings is 1. The van der Waals surface area contributed by atoms with Crippen LogP contribution in [-0.2, 0) is 7.05 Å². The zero-order chi connectivity index (χ0) is 22.1. The number of aromatic amines is 1. The van der Waals surface area contributed by atoms with Crippen molar-refractivity contribution in [3.63, 3.8) is 0 Å². The molecule has 0 atom stereocenters. The van der Waals surface area contributed by atoms with E-state index in [2.05, 4.69) is 36.2 Å². The molecule has 160 valence electrons. The average molecular weight is 428 g/mol. The fourth-order valence-electron chi connectivity index (χ4n) is 4.36. The van der Waals surface area contributed by atoms with Crippen molar-refractivity contribution in [3.8, 4) is 28.5 Å². The lowest BCUT2D eigenvalue weighted by atomic mass is 9.91. The second kappa shape index (κ2) is 8.23. The highest BCUT2D eigenvalue weighted by atomic mass is 19.1. The second-order valence-electron chi connectivity index (χ2n) is 7.87. The van der Waals surface area contributed by atoms with Crippen molar-refractivity contribution in [1.82, 2.24) is 29.9 Å². The van der Waals surface area contributed by atoms with E-state index in [4.69, 9.17) is 0 Å². The van der Waals surface area contributed by atoms with Gasteiger partial charge in [-0.1, -0.05) is 12.1 Å². The Bertz CT molecular complexity index is 1260. The molecule has 0 aliphatic carbocycles. The minimum absolute atomic E-state index is 0.300. The summed E-state index contributed by atoms with van der Waals surface area (Å²) < 4.78 is 15.2. The summed E-state index contributed by atoms with van der Waals surface area (Å²) in [6.07, 6.45) is 6.67. The van der Waals surface area contributed by atoms with E-state index in [1.165, 1.54) is 18.6 Å². The zero-order valence-electron chi connectivity index (χ0n) is 17.5. The molecule has 1 aromatic carbocycles. The van der Waals surface area contributed by atoms with Crippen molar-refractivity contribution in [2.75, 3.05) is 18.0 Å². The fraction of sp³-hybridized carbons (Fsp3) is 0.261. The maximum Gasteiger partial charge on any atom is 0.212 e. The molecular weight excluding hydrogens is 407 g/mol. The number of halogens is 1. The van der Waals surface area contributed by atoms with Gasteiger partial charge in [0.2, 0.25) is 5.95 Å². The van der Waals surface area contributed by atoms with E-state index in [0.717, 1.165) is 59.8 Å². The number of nitrogens with one attached hydrogen (secondary N) is 1. The molecular formula is C23H21FN8. The molecule has 32 heavy (non-hydrogen) atoms. The van der Waals surface area contributed by atoms with Crippen LogP contribution in [0.4, 0.5) is 10.1 Å². The van der Waals surface area contributed by atoms with Gasteiger partial charge in [-0.3, -0.25) is 9.78 Å². The largest absolute Gasteiger partial charge is 0.370 e. The van der Waals surface area contributed by atoms with E-state index in [1.54, 1.807) is 10.7 Å². The first-order valence-corrected chi connectivity index (χ1v) is 10.4. The summed E-state index contributed by atoms with van der Waals surface area (Å²) in [5.74, 6) is 0.665. The molecule has 1 aliphatic rings. The molecule has 1 saturated heterocycles. The number of anilines is 1. The van der Waals surface area contributed by atoms with E-state index >= 15 is 0 Å². The predicted octanol–water partition coefficient (Wildman–Crippen LogP) is 3.66. The Balaban J connectivity index is 1.59. The van der Waals surface area contributed by atoms with Gasteiger partial charge in [-0.05, 0) is 31.0 Å². The molecule has 0 radical (unpaired) electrons. The van der Waals surface area contributed by atoms with Gasteiger partial charge < -0.3 is 4.90 Å². The lowest BCUT2D eigenvalue weighted by molar-refractivity contribution is 0.487. The molecule has 9 heteroatoms. The quantitative estimate of drug-likeness (QED) is 0.498. The number of hydrogen-bond donors (Lipinski definition) is 1. The molecule has 0 bridgehead atoms. The summed E-state index contributed by atoms with van der Waals surface area (Å²) in [5.41, 5.74) is 4.53. The van der Waals surface area contributed by atoms with E-state index in [9.17, 15) is 9.65 Å². The normalized spacial score (nSPS) is 14.5. The molecule has 0 unspecified atom stereocenters. The minimum Gasteiger partial charge on any atom is -0.370 e. The number of benzene rings is 1. The highest BCUT2D eigenvalue weighted by Crippen LogP contribution is 2.41. The maximum absolute atomic E-state index is 13.5. The van der Waals surface area contributed by atoms with Gasteiger partial charge in [-0.25, -0.2) is 9.97 Å². The number of aromatic nitrogens is 6. The maximum atomic E-state index is 13.5. The van der Waals surface area contributed by atoms with Crippen LogP contribution >= 0.6 is 0 Å². The number of nitriles is 1. The van der Waals surface area contributed by atoms with Gasteiger partial charge >= 0.3 is 0 Å². The minimum atomic E-state index is -0.534. The second-order valence-corrected chi connectivity index (χ2v) is 7.87. The molecule has 5 rings (SSSR count). The first kappa shape index (κ1) is 19.9. The Kier molecular flexibility index (Phi) is 5.11. The third kappa shape index (κ3) is 3.60. The van der Waals surface area contributed by atoms with Gasteiger partial charge in [0.15, 0.2) is 0 Å². The Morgan fingerprint density at radius 2 is 1.91 bits per heavy atom. The van der Waals surface area contributed by atoms with Crippen LogP contribution in [0.2, 0.25) is 0 Å². The Morgan fingerprint density at radius 1 is 1.09 bits per heavy atom. The Hall–Kier alpha value is -4.06. The van der Waals surface area contributed by atoms with Crippen molar-refractivity contribution in [2.45, 2.75) is 18.8 Å². The molecule has 1 aliphatic heterocycles. The van der Waals surface area contributed by atoms with E-state index in [1.807, 2.05) is 31.4 Å². The lowest BCUT2D eigenvalue weighted by Gasteiger charge is -2.35. The summed E-state index contributed by atoms with van der Waals surface area (Å²) in [7, 11) is 1.85. The van der Waals surface area contributed by atoms with Crippen molar-refractivity contribution in [1.29, 1.82) is 5.26 Å². The molecule has 1 N–H and O–H groups in total. The van der Waals surface area contributed by atoms with Gasteiger partial charge in [-0.15, -0.1) is 0 Å². The summed E-state index contributed by atoms with van der Waals surface area (Å²) >= 11 is 0. The number of pyridine rings is 1. The molecule has 8 nitrogen and oxygen atoms in total. The number of aryl methyl sites for hydroxylation is 1. The number of H-pyrrole nitrogens is 1. The van der Waals surface area contributed by atoms with Crippen molar-refractivity contribution in [2.24, 2.45) is 7.05 Å². The standard InChI is InChI=1S/C23H21FN8/c1-31-9-8-20(30-31)18-4-3-17(16-2-5-21(24)26-13-16)22(19(18)12-25)32-10-6-15(7-11-32)23-27-14-28-29-23/h2-5,8-9,13-15H,6-7,10-11H2,1H3,(H,27,28,29). The summed E-state index contributed by atoms with van der Waals surface area (Å²) in [6, 6.07) is 11.2. The van der Waals surface area contributed by atoms with Crippen LogP contribution in [0.3, 0.4) is 0 Å². The van der Waals surface area contributed by atoms with E-state index in [0.29, 0.717) is 11.5 Å². The first-order valence-electron chi connectivity index (χ1n) is 10.4. The molecule has 0 amide bonds. The van der Waals surface area contributed by atoms with E-state index in [-0.39, 0.29) is 0 Å². The molecule has 1 fully saturated rings. The third-order valence-corrected chi connectivity index (χ3v) is 5.95. The molecule has 3 aromatic heterocycles. The van der Waals surface area contributed by atoms with Crippen LogP contribution in [0, 0.1) is 17.3 Å². The third-order valence-electron chi connectivity index (χ3n) is 5.95. The summed E-state index contributed by atoms with van der Waals surface area (Å²) in [4.78, 5) is 10.4. The van der Waals surface area contributed by atoms with Gasteiger partial charge in [0, 0.05) is 55.1 Å². The number of nitrogens with zero attached hydrogens (tertiary/aromatic N) is 7. The molecule has 4 heterocycles. The topological polar surface area (TPSA) is 99.3 Å². The Labute approximate surface area is 184 Å². The molecule has 0 spiro atoms. The van der Waals surface area contributed by atoms with Crippen LogP contribution in [0.5, 0.6) is 0 Å². The van der Waals surface area contributed by atoms with Crippen LogP contribution in [0.25, 0.3) is 22.4 Å². The highest BCUT2D eigenvalue weighted by Gasteiger charge is 2.27. The first-order chi connectivity index (χ1) is 15.6. The highest BCUT2D eigenvalue weighted by molar-refractivity contribution is 5.89. The number of hydrogen-bond acceptors (Lipinski definition) is 6. The molecule has 4 aromatic rings. The van der Waals surface area contributed by atoms with Gasteiger partial charge in [0.1, 0.15) is 18.2 Å². The van der Waals surface area contributed by atoms with Crippen LogP contribution in [0.15, 0.2) is 49.1 Å². The predicted molar refractivity (Wildman–Crippen MR) is 117 cm³/mol. The van der Waals surface area contributed by atoms with Crippen molar-refractivity contribution < 1.29 is 4.39 Å². The van der Waals surface area contributed by atoms with Gasteiger partial charge in [0.25, 0.3) is 0 Å².